The van der Waals surface area contributed by atoms with E-state index in [2.05, 4.69) is 5.32 Å². The summed E-state index contributed by atoms with van der Waals surface area (Å²) in [7, 11) is -3.25. The minimum absolute atomic E-state index is 0.00210. The van der Waals surface area contributed by atoms with Crippen LogP contribution in [0.4, 0.5) is 0 Å². The lowest BCUT2D eigenvalue weighted by Crippen LogP contribution is -2.49. The molecule has 0 radical (unpaired) electrons. The van der Waals surface area contributed by atoms with Crippen molar-refractivity contribution in [2.75, 3.05) is 25.4 Å². The number of nitrogens with zero attached hydrogens (tertiary/aromatic N) is 1. The van der Waals surface area contributed by atoms with Crippen LogP contribution >= 0.6 is 0 Å². The van der Waals surface area contributed by atoms with E-state index >= 15 is 0 Å². The van der Waals surface area contributed by atoms with Crippen molar-refractivity contribution < 1.29 is 17.6 Å². The van der Waals surface area contributed by atoms with Gasteiger partial charge in [0.1, 0.15) is 5.76 Å². The maximum atomic E-state index is 12.4. The fraction of sp³-hybridized carbons (Fsp3) is 0.714. The molecule has 21 heavy (non-hydrogen) atoms. The van der Waals surface area contributed by atoms with Gasteiger partial charge in [-0.2, -0.15) is 4.31 Å². The maximum Gasteiger partial charge on any atom is 0.215 e. The molecule has 1 fully saturated rings. The quantitative estimate of drug-likeness (QED) is 0.858. The number of hydrogen-bond donors (Lipinski definition) is 1. The van der Waals surface area contributed by atoms with Crippen LogP contribution in [0.2, 0.25) is 0 Å². The molecule has 0 amide bonds. The SMILES string of the molecule is C[C@@H]1CN(S(=O)(=O)CCN[C@H](C)c2ccco2)C[C@@H](C)O1. The highest BCUT2D eigenvalue weighted by atomic mass is 32.2. The van der Waals surface area contributed by atoms with Crippen LogP contribution < -0.4 is 5.32 Å². The van der Waals surface area contributed by atoms with Gasteiger partial charge in [0.05, 0.1) is 30.3 Å². The molecule has 0 spiro atoms. The smallest absolute Gasteiger partial charge is 0.215 e. The first kappa shape index (κ1) is 16.5. The third-order valence-corrected chi connectivity index (χ3v) is 5.36. The van der Waals surface area contributed by atoms with Gasteiger partial charge in [0.15, 0.2) is 0 Å². The summed E-state index contributed by atoms with van der Waals surface area (Å²) in [6.45, 7) is 7.00. The van der Waals surface area contributed by atoms with Gasteiger partial charge < -0.3 is 14.5 Å². The summed E-state index contributed by atoms with van der Waals surface area (Å²) in [5.41, 5.74) is 0. The molecule has 1 aromatic rings. The van der Waals surface area contributed by atoms with Crippen molar-refractivity contribution in [2.45, 2.75) is 39.0 Å². The molecule has 3 atom stereocenters. The van der Waals surface area contributed by atoms with Crippen LogP contribution in [0.1, 0.15) is 32.6 Å². The van der Waals surface area contributed by atoms with Gasteiger partial charge in [-0.25, -0.2) is 8.42 Å². The molecule has 0 bridgehead atoms. The Bertz CT molecular complexity index is 519. The van der Waals surface area contributed by atoms with Crippen molar-refractivity contribution in [3.63, 3.8) is 0 Å². The van der Waals surface area contributed by atoms with Crippen LogP contribution in [-0.2, 0) is 14.8 Å². The highest BCUT2D eigenvalue weighted by Crippen LogP contribution is 2.15. The van der Waals surface area contributed by atoms with Gasteiger partial charge in [0, 0.05) is 19.6 Å². The van der Waals surface area contributed by atoms with Crippen molar-refractivity contribution in [3.05, 3.63) is 24.2 Å². The van der Waals surface area contributed by atoms with Crippen LogP contribution in [0, 0.1) is 0 Å². The van der Waals surface area contributed by atoms with Gasteiger partial charge in [-0.3, -0.25) is 0 Å². The lowest BCUT2D eigenvalue weighted by atomic mass is 10.2. The fourth-order valence-corrected chi connectivity index (χ4v) is 4.04. The summed E-state index contributed by atoms with van der Waals surface area (Å²) in [6, 6.07) is 3.69. The minimum Gasteiger partial charge on any atom is -0.468 e. The van der Waals surface area contributed by atoms with Crippen LogP contribution in [0.25, 0.3) is 0 Å². The molecule has 1 aromatic heterocycles. The van der Waals surface area contributed by atoms with Crippen molar-refractivity contribution >= 4 is 10.0 Å². The van der Waals surface area contributed by atoms with Crippen LogP contribution in [0.3, 0.4) is 0 Å². The largest absolute Gasteiger partial charge is 0.468 e. The zero-order chi connectivity index (χ0) is 15.5. The second kappa shape index (κ2) is 6.91. The average molecular weight is 316 g/mol. The second-order valence-corrected chi connectivity index (χ2v) is 7.67. The number of rotatable bonds is 6. The lowest BCUT2D eigenvalue weighted by molar-refractivity contribution is -0.0440. The van der Waals surface area contributed by atoms with E-state index in [0.717, 1.165) is 5.76 Å². The zero-order valence-electron chi connectivity index (χ0n) is 12.8. The van der Waals surface area contributed by atoms with E-state index in [0.29, 0.717) is 19.6 Å². The van der Waals surface area contributed by atoms with Crippen molar-refractivity contribution in [1.29, 1.82) is 0 Å². The number of ether oxygens (including phenoxy) is 1. The molecule has 0 aliphatic carbocycles. The first-order chi connectivity index (χ1) is 9.88. The van der Waals surface area contributed by atoms with E-state index in [1.807, 2.05) is 32.9 Å². The van der Waals surface area contributed by atoms with Gasteiger partial charge in [0.2, 0.25) is 10.0 Å². The second-order valence-electron chi connectivity index (χ2n) is 5.58. The van der Waals surface area contributed by atoms with Gasteiger partial charge >= 0.3 is 0 Å². The third-order valence-electron chi connectivity index (χ3n) is 3.56. The summed E-state index contributed by atoms with van der Waals surface area (Å²) in [6.07, 6.45) is 1.50. The Morgan fingerprint density at radius 3 is 2.62 bits per heavy atom. The molecule has 2 rings (SSSR count). The Morgan fingerprint density at radius 1 is 1.38 bits per heavy atom. The molecule has 2 heterocycles. The minimum atomic E-state index is -3.25. The molecule has 6 nitrogen and oxygen atoms in total. The molecule has 1 saturated heterocycles. The standard InChI is InChI=1S/C14H24N2O4S/c1-11-9-16(10-12(2)20-11)21(17,18)8-6-15-13(3)14-5-4-7-19-14/h4-5,7,11-13,15H,6,8-10H2,1-3H3/t11-,12-,13-/m1/s1. The Morgan fingerprint density at radius 2 is 2.05 bits per heavy atom. The zero-order valence-corrected chi connectivity index (χ0v) is 13.6. The van der Waals surface area contributed by atoms with E-state index in [4.69, 9.17) is 9.15 Å². The molecular formula is C14H24N2O4S. The normalized spacial score (nSPS) is 25.9. The Balaban J connectivity index is 1.84. The van der Waals surface area contributed by atoms with Crippen molar-refractivity contribution in [1.82, 2.24) is 9.62 Å². The van der Waals surface area contributed by atoms with E-state index in [-0.39, 0.29) is 24.0 Å². The first-order valence-corrected chi connectivity index (χ1v) is 8.89. The summed E-state index contributed by atoms with van der Waals surface area (Å²) >= 11 is 0. The number of nitrogens with one attached hydrogen (secondary N) is 1. The fourth-order valence-electron chi connectivity index (χ4n) is 2.53. The molecule has 0 unspecified atom stereocenters. The van der Waals surface area contributed by atoms with Gasteiger partial charge in [0.25, 0.3) is 0 Å². The number of hydrogen-bond acceptors (Lipinski definition) is 5. The lowest BCUT2D eigenvalue weighted by Gasteiger charge is -2.34. The van der Waals surface area contributed by atoms with Gasteiger partial charge in [-0.15, -0.1) is 0 Å². The molecule has 1 N–H and O–H groups in total. The van der Waals surface area contributed by atoms with Crippen LogP contribution in [0.15, 0.2) is 22.8 Å². The van der Waals surface area contributed by atoms with Crippen molar-refractivity contribution in [3.8, 4) is 0 Å². The average Bonchev–Trinajstić information content (AvgIpc) is 2.91. The summed E-state index contributed by atoms with van der Waals surface area (Å²) in [4.78, 5) is 0. The van der Waals surface area contributed by atoms with E-state index in [1.165, 1.54) is 4.31 Å². The van der Waals surface area contributed by atoms with Crippen LogP contribution in [-0.4, -0.2) is 50.3 Å². The maximum absolute atomic E-state index is 12.4. The predicted molar refractivity (Wildman–Crippen MR) is 80.5 cm³/mol. The molecule has 0 aromatic carbocycles. The molecule has 0 saturated carbocycles. The summed E-state index contributed by atoms with van der Waals surface area (Å²) in [5, 5.41) is 3.17. The Labute approximate surface area is 126 Å². The van der Waals surface area contributed by atoms with Crippen LogP contribution in [0.5, 0.6) is 0 Å². The molecule has 1 aliphatic rings. The Kier molecular flexibility index (Phi) is 5.43. The highest BCUT2D eigenvalue weighted by Gasteiger charge is 2.30. The molecular weight excluding hydrogens is 292 g/mol. The highest BCUT2D eigenvalue weighted by molar-refractivity contribution is 7.89. The summed E-state index contributed by atoms with van der Waals surface area (Å²) < 4.78 is 37.1. The topological polar surface area (TPSA) is 71.8 Å². The third kappa shape index (κ3) is 4.54. The predicted octanol–water partition coefficient (Wildman–Crippen LogP) is 1.37. The number of furan rings is 1. The number of sulfonamides is 1. The van der Waals surface area contributed by atoms with Gasteiger partial charge in [-0.1, -0.05) is 0 Å². The van der Waals surface area contributed by atoms with E-state index in [1.54, 1.807) is 6.26 Å². The number of morpholine rings is 1. The van der Waals surface area contributed by atoms with Crippen molar-refractivity contribution in [2.24, 2.45) is 0 Å². The Hall–Kier alpha value is -0.890. The molecule has 120 valence electrons. The van der Waals surface area contributed by atoms with Gasteiger partial charge in [-0.05, 0) is 32.9 Å². The van der Waals surface area contributed by atoms with E-state index in [9.17, 15) is 8.42 Å². The molecule has 1 aliphatic heterocycles. The summed E-state index contributed by atoms with van der Waals surface area (Å²) in [5.74, 6) is 0.887. The van der Waals surface area contributed by atoms with E-state index < -0.39 is 10.0 Å². The first-order valence-electron chi connectivity index (χ1n) is 7.28. The molecule has 7 heteroatoms. The monoisotopic (exact) mass is 316 g/mol.